The number of nitrogens with zero attached hydrogens (tertiary/aromatic N) is 3. The summed E-state index contributed by atoms with van der Waals surface area (Å²) in [7, 11) is 0. The molecule has 0 aliphatic heterocycles. The summed E-state index contributed by atoms with van der Waals surface area (Å²) in [4.78, 5) is 3.79. The number of hydrogen-bond acceptors (Lipinski definition) is 3. The lowest BCUT2D eigenvalue weighted by Gasteiger charge is -1.94. The van der Waals surface area contributed by atoms with Gasteiger partial charge in [-0.15, -0.1) is 12.4 Å². The first-order valence-electron chi connectivity index (χ1n) is 2.96. The van der Waals surface area contributed by atoms with Crippen molar-refractivity contribution in [2.75, 3.05) is 6.54 Å². The molecule has 0 unspecified atom stereocenters. The van der Waals surface area contributed by atoms with Crippen LogP contribution >= 0.6 is 12.4 Å². The summed E-state index contributed by atoms with van der Waals surface area (Å²) in [5, 5.41) is 3.90. The van der Waals surface area contributed by atoms with Gasteiger partial charge in [-0.25, -0.2) is 4.98 Å². The Kier molecular flexibility index (Phi) is 4.88. The Labute approximate surface area is 65.8 Å². The average molecular weight is 163 g/mol. The highest BCUT2D eigenvalue weighted by Crippen LogP contribution is 1.82. The highest BCUT2D eigenvalue weighted by atomic mass is 35.5. The van der Waals surface area contributed by atoms with Gasteiger partial charge in [0.2, 0.25) is 0 Å². The van der Waals surface area contributed by atoms with Crippen LogP contribution in [0.4, 0.5) is 0 Å². The molecule has 0 atom stereocenters. The average Bonchev–Trinajstić information content (AvgIpc) is 2.34. The third-order valence-electron chi connectivity index (χ3n) is 1.06. The van der Waals surface area contributed by atoms with E-state index in [0.29, 0.717) is 6.54 Å². The number of aryl methyl sites for hydroxylation is 1. The molecule has 0 bridgehead atoms. The summed E-state index contributed by atoms with van der Waals surface area (Å²) < 4.78 is 1.77. The van der Waals surface area contributed by atoms with Crippen LogP contribution in [-0.2, 0) is 6.54 Å². The smallest absolute Gasteiger partial charge is 0.137 e. The molecule has 0 saturated heterocycles. The second kappa shape index (κ2) is 5.20. The molecule has 1 rings (SSSR count). The number of nitrogens with two attached hydrogens (primary N) is 1. The van der Waals surface area contributed by atoms with Crippen molar-refractivity contribution in [3.8, 4) is 0 Å². The van der Waals surface area contributed by atoms with Crippen molar-refractivity contribution in [3.63, 3.8) is 0 Å². The van der Waals surface area contributed by atoms with Crippen LogP contribution in [-0.4, -0.2) is 21.3 Å². The second-order valence-corrected chi connectivity index (χ2v) is 1.80. The van der Waals surface area contributed by atoms with Crippen molar-refractivity contribution in [2.24, 2.45) is 5.73 Å². The summed E-state index contributed by atoms with van der Waals surface area (Å²) in [6.45, 7) is 1.58. The molecule has 0 aliphatic carbocycles. The quantitative estimate of drug-likeness (QED) is 0.684. The molecule has 0 fully saturated rings. The summed E-state index contributed by atoms with van der Waals surface area (Å²) >= 11 is 0. The molecule has 0 saturated carbocycles. The van der Waals surface area contributed by atoms with Crippen LogP contribution in [0.2, 0.25) is 0 Å². The van der Waals surface area contributed by atoms with Gasteiger partial charge in [0, 0.05) is 6.54 Å². The van der Waals surface area contributed by atoms with Crippen LogP contribution < -0.4 is 5.73 Å². The van der Waals surface area contributed by atoms with Crippen LogP contribution in [0.5, 0.6) is 0 Å². The maximum Gasteiger partial charge on any atom is 0.137 e. The number of aromatic nitrogens is 3. The Morgan fingerprint density at radius 3 is 2.80 bits per heavy atom. The van der Waals surface area contributed by atoms with Gasteiger partial charge in [-0.05, 0) is 13.0 Å². The van der Waals surface area contributed by atoms with Crippen LogP contribution in [0.15, 0.2) is 12.7 Å². The van der Waals surface area contributed by atoms with Gasteiger partial charge in [-0.3, -0.25) is 4.68 Å². The minimum atomic E-state index is 0. The Morgan fingerprint density at radius 1 is 1.50 bits per heavy atom. The van der Waals surface area contributed by atoms with E-state index in [1.165, 1.54) is 6.33 Å². The molecule has 10 heavy (non-hydrogen) atoms. The lowest BCUT2D eigenvalue weighted by Crippen LogP contribution is -2.05. The summed E-state index contributed by atoms with van der Waals surface area (Å²) in [6, 6.07) is 0. The third kappa shape index (κ3) is 2.80. The molecule has 58 valence electrons. The molecule has 1 heterocycles. The van der Waals surface area contributed by atoms with Crippen molar-refractivity contribution in [1.29, 1.82) is 0 Å². The first-order valence-corrected chi connectivity index (χ1v) is 2.96. The first kappa shape index (κ1) is 9.39. The maximum atomic E-state index is 5.28. The standard InChI is InChI=1S/C5H10N4.ClH/c6-2-1-3-9-5-7-4-8-9;/h4-5H,1-3,6H2;1H. The normalized spacial score (nSPS) is 8.90. The van der Waals surface area contributed by atoms with Crippen molar-refractivity contribution >= 4 is 12.4 Å². The number of hydrogen-bond donors (Lipinski definition) is 1. The zero-order valence-electron chi connectivity index (χ0n) is 5.60. The third-order valence-corrected chi connectivity index (χ3v) is 1.06. The van der Waals surface area contributed by atoms with Crippen LogP contribution in [0.25, 0.3) is 0 Å². The van der Waals surface area contributed by atoms with E-state index < -0.39 is 0 Å². The molecule has 0 aliphatic rings. The molecular formula is C5H11ClN4. The Balaban J connectivity index is 0.000000810. The van der Waals surface area contributed by atoms with Gasteiger partial charge in [0.25, 0.3) is 0 Å². The first-order chi connectivity index (χ1) is 4.43. The van der Waals surface area contributed by atoms with E-state index in [4.69, 9.17) is 5.73 Å². The SMILES string of the molecule is Cl.NCCCn1cncn1. The van der Waals surface area contributed by atoms with Crippen LogP contribution in [0, 0.1) is 0 Å². The summed E-state index contributed by atoms with van der Waals surface area (Å²) in [6.07, 6.45) is 4.18. The van der Waals surface area contributed by atoms with Crippen molar-refractivity contribution in [2.45, 2.75) is 13.0 Å². The lowest BCUT2D eigenvalue weighted by atomic mass is 10.4. The fourth-order valence-corrected chi connectivity index (χ4v) is 0.601. The molecule has 0 spiro atoms. The van der Waals surface area contributed by atoms with Crippen LogP contribution in [0.3, 0.4) is 0 Å². The zero-order chi connectivity index (χ0) is 6.53. The van der Waals surface area contributed by atoms with Gasteiger partial charge >= 0.3 is 0 Å². The Hall–Kier alpha value is -0.610. The highest BCUT2D eigenvalue weighted by molar-refractivity contribution is 5.85. The minimum Gasteiger partial charge on any atom is -0.330 e. The van der Waals surface area contributed by atoms with Crippen molar-refractivity contribution in [1.82, 2.24) is 14.8 Å². The monoisotopic (exact) mass is 162 g/mol. The van der Waals surface area contributed by atoms with Crippen molar-refractivity contribution in [3.05, 3.63) is 12.7 Å². The largest absolute Gasteiger partial charge is 0.330 e. The topological polar surface area (TPSA) is 56.7 Å². The van der Waals surface area contributed by atoms with Gasteiger partial charge in [0.05, 0.1) is 0 Å². The van der Waals surface area contributed by atoms with E-state index in [0.717, 1.165) is 13.0 Å². The fourth-order valence-electron chi connectivity index (χ4n) is 0.601. The Morgan fingerprint density at radius 2 is 2.30 bits per heavy atom. The molecule has 4 nitrogen and oxygen atoms in total. The highest BCUT2D eigenvalue weighted by Gasteiger charge is 1.86. The van der Waals surface area contributed by atoms with Gasteiger partial charge in [-0.2, -0.15) is 5.10 Å². The molecule has 5 heteroatoms. The van der Waals surface area contributed by atoms with Crippen LogP contribution in [0.1, 0.15) is 6.42 Å². The summed E-state index contributed by atoms with van der Waals surface area (Å²) in [5.74, 6) is 0. The van der Waals surface area contributed by atoms with E-state index in [1.54, 1.807) is 11.0 Å². The second-order valence-electron chi connectivity index (χ2n) is 1.80. The molecule has 1 aromatic heterocycles. The maximum absolute atomic E-state index is 5.28. The van der Waals surface area contributed by atoms with Gasteiger partial charge in [-0.1, -0.05) is 0 Å². The predicted molar refractivity (Wildman–Crippen MR) is 40.9 cm³/mol. The fraction of sp³-hybridized carbons (Fsp3) is 0.600. The predicted octanol–water partition coefficient (Wildman–Crippen LogP) is 0.0487. The van der Waals surface area contributed by atoms with Gasteiger partial charge < -0.3 is 5.73 Å². The lowest BCUT2D eigenvalue weighted by molar-refractivity contribution is 0.583. The number of halogens is 1. The van der Waals surface area contributed by atoms with Crippen molar-refractivity contribution < 1.29 is 0 Å². The van der Waals surface area contributed by atoms with Gasteiger partial charge in [0.15, 0.2) is 0 Å². The molecular weight excluding hydrogens is 152 g/mol. The van der Waals surface area contributed by atoms with E-state index >= 15 is 0 Å². The van der Waals surface area contributed by atoms with E-state index in [-0.39, 0.29) is 12.4 Å². The van der Waals surface area contributed by atoms with E-state index in [9.17, 15) is 0 Å². The zero-order valence-corrected chi connectivity index (χ0v) is 6.42. The Bertz CT molecular complexity index is 151. The summed E-state index contributed by atoms with van der Waals surface area (Å²) in [5.41, 5.74) is 5.28. The minimum absolute atomic E-state index is 0. The molecule has 0 amide bonds. The van der Waals surface area contributed by atoms with E-state index in [2.05, 4.69) is 10.1 Å². The molecule has 0 aromatic carbocycles. The number of rotatable bonds is 3. The van der Waals surface area contributed by atoms with E-state index in [1.807, 2.05) is 0 Å². The molecule has 1 aromatic rings. The molecule has 2 N–H and O–H groups in total. The van der Waals surface area contributed by atoms with Gasteiger partial charge in [0.1, 0.15) is 12.7 Å². The molecule has 0 radical (unpaired) electrons.